The van der Waals surface area contributed by atoms with Crippen LogP contribution in [-0.2, 0) is 33.2 Å². The summed E-state index contributed by atoms with van der Waals surface area (Å²) in [6, 6.07) is 0. The highest BCUT2D eigenvalue weighted by atomic mass is 16.8. The van der Waals surface area contributed by atoms with Gasteiger partial charge >= 0.3 is 0 Å². The molecular formula is C24H42O21. The quantitative estimate of drug-likeness (QED) is 0.103. The van der Waals surface area contributed by atoms with E-state index < -0.39 is 149 Å². The second-order valence-corrected chi connectivity index (χ2v) is 11.1. The van der Waals surface area contributed by atoms with E-state index in [4.69, 9.17) is 33.2 Å². The molecule has 20 atom stereocenters. The highest BCUT2D eigenvalue weighted by molar-refractivity contribution is 4.97. The van der Waals surface area contributed by atoms with Crippen molar-refractivity contribution in [1.29, 1.82) is 0 Å². The molecular weight excluding hydrogens is 624 g/mol. The van der Waals surface area contributed by atoms with Crippen LogP contribution in [0.2, 0.25) is 0 Å². The zero-order valence-electron chi connectivity index (χ0n) is 23.5. The van der Waals surface area contributed by atoms with Gasteiger partial charge in [-0.3, -0.25) is 0 Å². The van der Waals surface area contributed by atoms with E-state index in [9.17, 15) is 71.5 Å². The number of hydrogen-bond donors (Lipinski definition) is 14. The fraction of sp³-hybridized carbons (Fsp3) is 1.00. The molecule has 1 unspecified atom stereocenters. The number of rotatable bonds is 10. The summed E-state index contributed by atoms with van der Waals surface area (Å²) in [6.07, 6.45) is -35.6. The second-order valence-electron chi connectivity index (χ2n) is 11.1. The number of aliphatic hydroxyl groups is 14. The minimum atomic E-state index is -2.02. The van der Waals surface area contributed by atoms with Gasteiger partial charge in [-0.2, -0.15) is 0 Å². The Morgan fingerprint density at radius 3 is 1.22 bits per heavy atom. The maximum absolute atomic E-state index is 11.0. The highest BCUT2D eigenvalue weighted by Gasteiger charge is 2.55. The fourth-order valence-corrected chi connectivity index (χ4v) is 5.54. The third-order valence-electron chi connectivity index (χ3n) is 8.20. The van der Waals surface area contributed by atoms with Crippen LogP contribution in [-0.4, -0.2) is 221 Å². The van der Waals surface area contributed by atoms with Crippen molar-refractivity contribution in [2.75, 3.05) is 26.4 Å². The van der Waals surface area contributed by atoms with E-state index in [-0.39, 0.29) is 0 Å². The average molecular weight is 667 g/mol. The van der Waals surface area contributed by atoms with E-state index in [1.807, 2.05) is 0 Å². The monoisotopic (exact) mass is 666 g/mol. The van der Waals surface area contributed by atoms with Crippen LogP contribution in [0.5, 0.6) is 0 Å². The summed E-state index contributed by atoms with van der Waals surface area (Å²) >= 11 is 0. The van der Waals surface area contributed by atoms with Crippen molar-refractivity contribution in [3.63, 3.8) is 0 Å². The summed E-state index contributed by atoms with van der Waals surface area (Å²) in [4.78, 5) is 0. The van der Waals surface area contributed by atoms with Crippen LogP contribution in [0, 0.1) is 0 Å². The van der Waals surface area contributed by atoms with E-state index in [0.717, 1.165) is 0 Å². The Bertz CT molecular complexity index is 912. The Hall–Kier alpha value is -0.840. The molecule has 21 nitrogen and oxygen atoms in total. The zero-order valence-corrected chi connectivity index (χ0v) is 23.5. The van der Waals surface area contributed by atoms with Crippen molar-refractivity contribution < 1.29 is 105 Å². The maximum atomic E-state index is 11.0. The van der Waals surface area contributed by atoms with E-state index in [0.29, 0.717) is 0 Å². The first-order chi connectivity index (χ1) is 21.3. The lowest BCUT2D eigenvalue weighted by atomic mass is 9.95. The lowest BCUT2D eigenvalue weighted by Gasteiger charge is -2.49. The largest absolute Gasteiger partial charge is 0.394 e. The summed E-state index contributed by atoms with van der Waals surface area (Å²) in [5, 5.41) is 142. The topological polar surface area (TPSA) is 348 Å². The Labute approximate surface area is 254 Å². The average Bonchev–Trinajstić information content (AvgIpc) is 3.03. The first-order valence-electron chi connectivity index (χ1n) is 14.1. The molecule has 0 amide bonds. The molecule has 0 aromatic rings. The van der Waals surface area contributed by atoms with Gasteiger partial charge in [0.05, 0.1) is 26.4 Å². The van der Waals surface area contributed by atoms with Crippen molar-refractivity contribution in [3.8, 4) is 0 Å². The van der Waals surface area contributed by atoms with Crippen LogP contribution in [0.1, 0.15) is 0 Å². The van der Waals surface area contributed by atoms with Crippen LogP contribution >= 0.6 is 0 Å². The van der Waals surface area contributed by atoms with Crippen LogP contribution in [0.3, 0.4) is 0 Å². The molecule has 4 fully saturated rings. The van der Waals surface area contributed by atoms with Gasteiger partial charge in [-0.15, -0.1) is 0 Å². The van der Waals surface area contributed by atoms with Crippen molar-refractivity contribution >= 4 is 0 Å². The van der Waals surface area contributed by atoms with Crippen LogP contribution in [0.4, 0.5) is 0 Å². The van der Waals surface area contributed by atoms with Crippen molar-refractivity contribution in [2.24, 2.45) is 0 Å². The molecule has 4 rings (SSSR count). The normalized spacial score (nSPS) is 52.9. The first-order valence-corrected chi connectivity index (χ1v) is 14.1. The first kappa shape index (κ1) is 37.0. The van der Waals surface area contributed by atoms with Gasteiger partial charge in [0.15, 0.2) is 25.2 Å². The summed E-state index contributed by atoms with van der Waals surface area (Å²) in [5.74, 6) is 0. The van der Waals surface area contributed by atoms with E-state index in [1.165, 1.54) is 0 Å². The van der Waals surface area contributed by atoms with Crippen LogP contribution in [0.15, 0.2) is 0 Å². The molecule has 0 saturated carbocycles. The van der Waals surface area contributed by atoms with E-state index >= 15 is 0 Å². The third kappa shape index (κ3) is 7.44. The maximum Gasteiger partial charge on any atom is 0.187 e. The predicted octanol–water partition coefficient (Wildman–Crippen LogP) is -9.75. The SMILES string of the molecule is OC[C@H]1O[C@@H](O[C@@H]2[C@@H](O)[C@H](O[C@H]3[C@H](O)[C@@H](O)[C@H](O[C@H]4[C@H](O)[C@H](O)C(O)O[C@@H]4CO)O[C@@H]3CO)O[C@H](CO)[C@H]2O)[C@H](O)[C@@H](O)[C@@H]1O. The van der Waals surface area contributed by atoms with E-state index in [2.05, 4.69) is 0 Å². The van der Waals surface area contributed by atoms with Gasteiger partial charge in [0, 0.05) is 0 Å². The van der Waals surface area contributed by atoms with Crippen LogP contribution in [0.25, 0.3) is 0 Å². The molecule has 0 aromatic carbocycles. The number of ether oxygens (including phenoxy) is 7. The Kier molecular flexibility index (Phi) is 12.8. The van der Waals surface area contributed by atoms with E-state index in [1.54, 1.807) is 0 Å². The lowest BCUT2D eigenvalue weighted by Crippen LogP contribution is -2.67. The number of hydrogen-bond acceptors (Lipinski definition) is 21. The molecule has 45 heavy (non-hydrogen) atoms. The molecule has 21 heteroatoms. The molecule has 0 aliphatic carbocycles. The predicted molar refractivity (Wildman–Crippen MR) is 134 cm³/mol. The zero-order chi connectivity index (χ0) is 33.3. The lowest BCUT2D eigenvalue weighted by molar-refractivity contribution is -0.388. The smallest absolute Gasteiger partial charge is 0.187 e. The molecule has 0 aromatic heterocycles. The highest BCUT2D eigenvalue weighted by Crippen LogP contribution is 2.34. The van der Waals surface area contributed by atoms with Crippen molar-refractivity contribution in [1.82, 2.24) is 0 Å². The van der Waals surface area contributed by atoms with Gasteiger partial charge < -0.3 is 105 Å². The molecule has 0 spiro atoms. The molecule has 0 bridgehead atoms. The minimum absolute atomic E-state index is 0.806. The number of aliphatic hydroxyl groups excluding tert-OH is 14. The second kappa shape index (κ2) is 15.6. The Morgan fingerprint density at radius 2 is 0.711 bits per heavy atom. The minimum Gasteiger partial charge on any atom is -0.394 e. The Morgan fingerprint density at radius 1 is 0.333 bits per heavy atom. The Balaban J connectivity index is 1.48. The molecule has 4 saturated heterocycles. The summed E-state index contributed by atoms with van der Waals surface area (Å²) in [5.41, 5.74) is 0. The molecule has 4 heterocycles. The standard InChI is InChI=1S/C24H42O21/c25-1-5-9(29)11(31)15(35)22(40-5)45-20-10(30)6(2-26)41-24(17(20)37)44-19-8(4-28)42-23(16(36)13(19)33)43-18-7(3-27)39-21(38)14(34)12(18)32/h5-38H,1-4H2/t5-,6-,7-,8-,9-,10-,11+,12-,13-,14+,15-,16-,17-,18-,19-,20+,21?,22+,23+,24+/m1/s1. The van der Waals surface area contributed by atoms with Gasteiger partial charge in [0.2, 0.25) is 0 Å². The molecule has 14 N–H and O–H groups in total. The molecule has 4 aliphatic rings. The van der Waals surface area contributed by atoms with Gasteiger partial charge in [-0.05, 0) is 0 Å². The van der Waals surface area contributed by atoms with Gasteiger partial charge in [-0.1, -0.05) is 0 Å². The third-order valence-corrected chi connectivity index (χ3v) is 8.20. The fourth-order valence-electron chi connectivity index (χ4n) is 5.54. The summed E-state index contributed by atoms with van der Waals surface area (Å²) in [6.45, 7) is -3.41. The van der Waals surface area contributed by atoms with Gasteiger partial charge in [0.1, 0.15) is 97.7 Å². The van der Waals surface area contributed by atoms with Crippen molar-refractivity contribution in [3.05, 3.63) is 0 Å². The summed E-state index contributed by atoms with van der Waals surface area (Å²) in [7, 11) is 0. The molecule has 0 radical (unpaired) electrons. The summed E-state index contributed by atoms with van der Waals surface area (Å²) < 4.78 is 37.7. The van der Waals surface area contributed by atoms with Crippen LogP contribution < -0.4 is 0 Å². The molecule has 264 valence electrons. The van der Waals surface area contributed by atoms with Gasteiger partial charge in [0.25, 0.3) is 0 Å². The van der Waals surface area contributed by atoms with Crippen molar-refractivity contribution in [2.45, 2.75) is 123 Å². The van der Waals surface area contributed by atoms with Gasteiger partial charge in [-0.25, -0.2) is 0 Å². The molecule has 4 aliphatic heterocycles.